The Morgan fingerprint density at radius 2 is 1.79 bits per heavy atom. The molecule has 0 aliphatic carbocycles. The lowest BCUT2D eigenvalue weighted by Crippen LogP contribution is -2.32. The molecule has 2 nitrogen and oxygen atoms in total. The van der Waals surface area contributed by atoms with Crippen LogP contribution in [0.25, 0.3) is 0 Å². The Kier molecular flexibility index (Phi) is 2.94. The summed E-state index contributed by atoms with van der Waals surface area (Å²) in [5.41, 5.74) is 0.738. The van der Waals surface area contributed by atoms with Gasteiger partial charge in [-0.15, -0.1) is 0 Å². The number of benzene rings is 1. The van der Waals surface area contributed by atoms with Crippen molar-refractivity contribution in [2.24, 2.45) is 5.92 Å². The first-order valence-corrected chi connectivity index (χ1v) is 4.74. The zero-order valence-electron chi connectivity index (χ0n) is 8.82. The minimum atomic E-state index is -0.751. The number of aliphatic carboxylic acids is 1. The van der Waals surface area contributed by atoms with Crippen LogP contribution in [0, 0.1) is 5.92 Å². The van der Waals surface area contributed by atoms with Crippen molar-refractivity contribution in [1.29, 1.82) is 0 Å². The van der Waals surface area contributed by atoms with E-state index in [1.165, 1.54) is 0 Å². The fourth-order valence-electron chi connectivity index (χ4n) is 1.43. The minimum Gasteiger partial charge on any atom is -0.481 e. The highest BCUT2D eigenvalue weighted by molar-refractivity contribution is 5.71. The van der Waals surface area contributed by atoms with E-state index in [0.29, 0.717) is 0 Å². The van der Waals surface area contributed by atoms with E-state index >= 15 is 0 Å². The lowest BCUT2D eigenvalue weighted by atomic mass is 9.74. The van der Waals surface area contributed by atoms with Crippen LogP contribution in [0.4, 0.5) is 0 Å². The van der Waals surface area contributed by atoms with Gasteiger partial charge in [0.05, 0.1) is 5.92 Å². The summed E-state index contributed by atoms with van der Waals surface area (Å²) in [5, 5.41) is 8.98. The topological polar surface area (TPSA) is 37.3 Å². The fraction of sp³-hybridized carbons (Fsp3) is 0.417. The van der Waals surface area contributed by atoms with Crippen LogP contribution in [-0.4, -0.2) is 11.1 Å². The molecule has 76 valence electrons. The Balaban J connectivity index is 3.02. The van der Waals surface area contributed by atoms with Gasteiger partial charge in [-0.1, -0.05) is 51.1 Å². The first-order chi connectivity index (χ1) is 6.46. The highest BCUT2D eigenvalue weighted by Crippen LogP contribution is 2.31. The Labute approximate surface area is 84.6 Å². The average molecular weight is 192 g/mol. The van der Waals surface area contributed by atoms with E-state index in [-0.39, 0.29) is 11.3 Å². The summed E-state index contributed by atoms with van der Waals surface area (Å²) < 4.78 is 0. The molecule has 0 amide bonds. The maximum Gasteiger partial charge on any atom is 0.307 e. The van der Waals surface area contributed by atoms with Gasteiger partial charge in [0.25, 0.3) is 0 Å². The molecular formula is C12H16O2. The zero-order valence-corrected chi connectivity index (χ0v) is 8.82. The van der Waals surface area contributed by atoms with Crippen molar-refractivity contribution in [2.45, 2.75) is 26.2 Å². The molecule has 0 bridgehead atoms. The number of rotatable bonds is 3. The lowest BCUT2D eigenvalue weighted by Gasteiger charge is -2.29. The molecule has 1 N–H and O–H groups in total. The summed E-state index contributed by atoms with van der Waals surface area (Å²) in [5.74, 6) is -1.14. The van der Waals surface area contributed by atoms with E-state index in [9.17, 15) is 4.79 Å². The highest BCUT2D eigenvalue weighted by Gasteiger charge is 2.32. The quantitative estimate of drug-likeness (QED) is 0.799. The molecular weight excluding hydrogens is 176 g/mol. The molecule has 0 saturated heterocycles. The molecule has 1 unspecified atom stereocenters. The van der Waals surface area contributed by atoms with Gasteiger partial charge in [-0.2, -0.15) is 0 Å². The third kappa shape index (κ3) is 1.95. The van der Waals surface area contributed by atoms with Crippen LogP contribution in [0.1, 0.15) is 26.3 Å². The van der Waals surface area contributed by atoms with Crippen LogP contribution in [0.3, 0.4) is 0 Å². The van der Waals surface area contributed by atoms with Crippen molar-refractivity contribution < 1.29 is 9.90 Å². The molecule has 2 heteroatoms. The van der Waals surface area contributed by atoms with Crippen molar-refractivity contribution >= 4 is 5.97 Å². The number of hydrogen-bond donors (Lipinski definition) is 1. The standard InChI is InChI=1S/C12H16O2/c1-9(11(13)14)12(2,3)10-7-5-4-6-8-10/h4-9H,1-3H3,(H,13,14). The molecule has 14 heavy (non-hydrogen) atoms. The average Bonchev–Trinajstić information content (AvgIpc) is 2.18. The molecule has 0 aromatic heterocycles. The largest absolute Gasteiger partial charge is 0.481 e. The second-order valence-corrected chi connectivity index (χ2v) is 4.15. The predicted octanol–water partition coefficient (Wildman–Crippen LogP) is 2.68. The second-order valence-electron chi connectivity index (χ2n) is 4.15. The third-order valence-electron chi connectivity index (χ3n) is 2.97. The summed E-state index contributed by atoms with van der Waals surface area (Å²) in [6, 6.07) is 9.75. The Hall–Kier alpha value is -1.31. The van der Waals surface area contributed by atoms with Gasteiger partial charge in [0.1, 0.15) is 0 Å². The SMILES string of the molecule is CC(C(=O)O)C(C)(C)c1ccccc1. The van der Waals surface area contributed by atoms with E-state index in [1.54, 1.807) is 6.92 Å². The summed E-state index contributed by atoms with van der Waals surface area (Å²) in [6.07, 6.45) is 0. The van der Waals surface area contributed by atoms with Gasteiger partial charge in [-0.25, -0.2) is 0 Å². The van der Waals surface area contributed by atoms with Crippen LogP contribution >= 0.6 is 0 Å². The summed E-state index contributed by atoms with van der Waals surface area (Å²) in [7, 11) is 0. The van der Waals surface area contributed by atoms with Gasteiger partial charge in [-0.05, 0) is 5.56 Å². The van der Waals surface area contributed by atoms with Gasteiger partial charge >= 0.3 is 5.97 Å². The minimum absolute atomic E-state index is 0.326. The van der Waals surface area contributed by atoms with Crippen LogP contribution in [0.5, 0.6) is 0 Å². The zero-order chi connectivity index (χ0) is 10.8. The molecule has 1 aromatic carbocycles. The van der Waals surface area contributed by atoms with Crippen molar-refractivity contribution in [3.63, 3.8) is 0 Å². The predicted molar refractivity (Wildman–Crippen MR) is 56.3 cm³/mol. The Morgan fingerprint density at radius 1 is 1.29 bits per heavy atom. The van der Waals surface area contributed by atoms with E-state index in [0.717, 1.165) is 5.56 Å². The lowest BCUT2D eigenvalue weighted by molar-refractivity contribution is -0.143. The molecule has 0 heterocycles. The molecule has 1 rings (SSSR count). The molecule has 0 fully saturated rings. The molecule has 1 atom stereocenters. The molecule has 0 radical (unpaired) electrons. The second kappa shape index (κ2) is 3.82. The van der Waals surface area contributed by atoms with E-state index in [4.69, 9.17) is 5.11 Å². The number of carboxylic acid groups (broad SMARTS) is 1. The third-order valence-corrected chi connectivity index (χ3v) is 2.97. The van der Waals surface area contributed by atoms with Gasteiger partial charge < -0.3 is 5.11 Å². The van der Waals surface area contributed by atoms with Crippen LogP contribution in [-0.2, 0) is 10.2 Å². The first kappa shape index (κ1) is 10.8. The van der Waals surface area contributed by atoms with Gasteiger partial charge in [0.2, 0.25) is 0 Å². The maximum absolute atomic E-state index is 10.9. The molecule has 0 spiro atoms. The smallest absolute Gasteiger partial charge is 0.307 e. The highest BCUT2D eigenvalue weighted by atomic mass is 16.4. The Bertz CT molecular complexity index is 314. The number of carbonyl (C=O) groups is 1. The summed E-state index contributed by atoms with van der Waals surface area (Å²) >= 11 is 0. The van der Waals surface area contributed by atoms with Crippen molar-refractivity contribution in [2.75, 3.05) is 0 Å². The van der Waals surface area contributed by atoms with Crippen LogP contribution < -0.4 is 0 Å². The maximum atomic E-state index is 10.9. The monoisotopic (exact) mass is 192 g/mol. The normalized spacial score (nSPS) is 13.6. The van der Waals surface area contributed by atoms with Crippen LogP contribution in [0.2, 0.25) is 0 Å². The van der Waals surface area contributed by atoms with Gasteiger partial charge in [0, 0.05) is 5.41 Å². The first-order valence-electron chi connectivity index (χ1n) is 4.74. The fourth-order valence-corrected chi connectivity index (χ4v) is 1.43. The van der Waals surface area contributed by atoms with Crippen molar-refractivity contribution in [3.8, 4) is 0 Å². The van der Waals surface area contributed by atoms with Gasteiger partial charge in [0.15, 0.2) is 0 Å². The van der Waals surface area contributed by atoms with E-state index in [2.05, 4.69) is 0 Å². The van der Waals surface area contributed by atoms with Crippen LogP contribution in [0.15, 0.2) is 30.3 Å². The summed E-state index contributed by atoms with van der Waals surface area (Å²) in [6.45, 7) is 5.66. The summed E-state index contributed by atoms with van der Waals surface area (Å²) in [4.78, 5) is 10.9. The van der Waals surface area contributed by atoms with Crippen molar-refractivity contribution in [1.82, 2.24) is 0 Å². The molecule has 0 aliphatic rings. The van der Waals surface area contributed by atoms with E-state index in [1.807, 2.05) is 44.2 Å². The number of carboxylic acids is 1. The molecule has 1 aromatic rings. The van der Waals surface area contributed by atoms with E-state index < -0.39 is 5.97 Å². The number of hydrogen-bond acceptors (Lipinski definition) is 1. The molecule has 0 aliphatic heterocycles. The molecule has 0 saturated carbocycles. The van der Waals surface area contributed by atoms with Crippen molar-refractivity contribution in [3.05, 3.63) is 35.9 Å². The van der Waals surface area contributed by atoms with Gasteiger partial charge in [-0.3, -0.25) is 4.79 Å². The Morgan fingerprint density at radius 3 is 2.21 bits per heavy atom.